The lowest BCUT2D eigenvalue weighted by molar-refractivity contribution is 0.554. The van der Waals surface area contributed by atoms with Gasteiger partial charge in [-0.2, -0.15) is 0 Å². The second-order valence-corrected chi connectivity index (χ2v) is 8.20. The summed E-state index contributed by atoms with van der Waals surface area (Å²) in [5, 5.41) is 0. The lowest BCUT2D eigenvalue weighted by Gasteiger charge is -2.09. The molecule has 1 aromatic carbocycles. The summed E-state index contributed by atoms with van der Waals surface area (Å²) in [6, 6.07) is 6.24. The Bertz CT molecular complexity index is 760. The average Bonchev–Trinajstić information content (AvgIpc) is 2.88. The van der Waals surface area contributed by atoms with Gasteiger partial charge in [-0.3, -0.25) is 0 Å². The summed E-state index contributed by atoms with van der Waals surface area (Å²) >= 11 is 4.48. The summed E-state index contributed by atoms with van der Waals surface area (Å²) in [6.07, 6.45) is 0.897. The van der Waals surface area contributed by atoms with Crippen molar-refractivity contribution in [2.75, 3.05) is 5.73 Å². The largest absolute Gasteiger partial charge is 0.399 e. The molecule has 0 bridgehead atoms. The third-order valence-electron chi connectivity index (χ3n) is 2.81. The maximum absolute atomic E-state index is 13.9. The molecule has 8 heteroatoms. The Morgan fingerprint density at radius 3 is 2.62 bits per heavy atom. The molecule has 1 heterocycles. The predicted molar refractivity (Wildman–Crippen MR) is 86.2 cm³/mol. The van der Waals surface area contributed by atoms with Crippen molar-refractivity contribution in [1.29, 1.82) is 0 Å². The number of hydrogen-bond donors (Lipinski definition) is 2. The van der Waals surface area contributed by atoms with Gasteiger partial charge in [-0.1, -0.05) is 6.92 Å². The van der Waals surface area contributed by atoms with E-state index in [2.05, 4.69) is 20.7 Å². The molecule has 0 saturated heterocycles. The van der Waals surface area contributed by atoms with Crippen molar-refractivity contribution >= 4 is 43.0 Å². The van der Waals surface area contributed by atoms with Gasteiger partial charge in [-0.25, -0.2) is 17.5 Å². The number of hydrogen-bond acceptors (Lipinski definition) is 4. The quantitative estimate of drug-likeness (QED) is 0.766. The van der Waals surface area contributed by atoms with Crippen LogP contribution in [0.1, 0.15) is 16.7 Å². The Labute approximate surface area is 135 Å². The van der Waals surface area contributed by atoms with Crippen LogP contribution >= 0.6 is 27.3 Å². The highest BCUT2D eigenvalue weighted by atomic mass is 79.9. The molecule has 2 rings (SSSR count). The monoisotopic (exact) mass is 392 g/mol. The van der Waals surface area contributed by atoms with Gasteiger partial charge < -0.3 is 5.73 Å². The number of halogens is 2. The molecule has 0 aliphatic rings. The first-order chi connectivity index (χ1) is 9.83. The number of benzene rings is 1. The second kappa shape index (κ2) is 6.43. The normalized spacial score (nSPS) is 11.8. The summed E-state index contributed by atoms with van der Waals surface area (Å²) in [4.78, 5) is 1.59. The fourth-order valence-corrected chi connectivity index (χ4v) is 4.47. The minimum Gasteiger partial charge on any atom is -0.399 e. The van der Waals surface area contributed by atoms with Gasteiger partial charge in [-0.15, -0.1) is 11.3 Å². The highest BCUT2D eigenvalue weighted by molar-refractivity contribution is 9.10. The van der Waals surface area contributed by atoms with E-state index in [1.165, 1.54) is 22.3 Å². The van der Waals surface area contributed by atoms with E-state index in [1.807, 2.05) is 19.1 Å². The van der Waals surface area contributed by atoms with Crippen LogP contribution in [0.15, 0.2) is 33.6 Å². The molecule has 0 saturated carbocycles. The summed E-state index contributed by atoms with van der Waals surface area (Å²) in [6.45, 7) is 2.15. The number of aryl methyl sites for hydroxylation is 1. The minimum absolute atomic E-state index is 0.0206. The number of nitrogens with one attached hydrogen (secondary N) is 1. The number of nitrogens with two attached hydrogens (primary N) is 1. The minimum atomic E-state index is -3.96. The first-order valence-electron chi connectivity index (χ1n) is 6.15. The lowest BCUT2D eigenvalue weighted by Crippen LogP contribution is -2.24. The SMILES string of the molecule is CCc1ccc(CNS(=O)(=O)c2cc(N)cc(Br)c2F)s1. The van der Waals surface area contributed by atoms with Crippen LogP contribution in [0.25, 0.3) is 0 Å². The van der Waals surface area contributed by atoms with E-state index in [0.717, 1.165) is 17.4 Å². The van der Waals surface area contributed by atoms with Crippen LogP contribution in [0.5, 0.6) is 0 Å². The number of thiophene rings is 1. The van der Waals surface area contributed by atoms with Crippen molar-refractivity contribution in [3.05, 3.63) is 44.3 Å². The highest BCUT2D eigenvalue weighted by Crippen LogP contribution is 2.26. The molecule has 0 spiro atoms. The number of sulfonamides is 1. The molecule has 0 aliphatic heterocycles. The van der Waals surface area contributed by atoms with E-state index in [1.54, 1.807) is 0 Å². The Morgan fingerprint density at radius 2 is 2.00 bits per heavy atom. The van der Waals surface area contributed by atoms with Crippen LogP contribution in [-0.4, -0.2) is 8.42 Å². The number of anilines is 1. The van der Waals surface area contributed by atoms with Crippen molar-refractivity contribution in [3.63, 3.8) is 0 Å². The van der Waals surface area contributed by atoms with Gasteiger partial charge in [-0.05, 0) is 46.6 Å². The molecule has 0 aliphatic carbocycles. The smallest absolute Gasteiger partial charge is 0.243 e. The van der Waals surface area contributed by atoms with E-state index in [-0.39, 0.29) is 16.7 Å². The van der Waals surface area contributed by atoms with Gasteiger partial charge in [0.2, 0.25) is 10.0 Å². The average molecular weight is 393 g/mol. The zero-order valence-electron chi connectivity index (χ0n) is 11.2. The van der Waals surface area contributed by atoms with Crippen molar-refractivity contribution in [2.24, 2.45) is 0 Å². The molecule has 114 valence electrons. The Morgan fingerprint density at radius 1 is 1.33 bits per heavy atom. The van der Waals surface area contributed by atoms with Gasteiger partial charge in [0, 0.05) is 22.0 Å². The van der Waals surface area contributed by atoms with Crippen LogP contribution in [0.2, 0.25) is 0 Å². The molecule has 0 amide bonds. The predicted octanol–water partition coefficient (Wildman–Crippen LogP) is 3.27. The zero-order chi connectivity index (χ0) is 15.6. The van der Waals surface area contributed by atoms with Crippen molar-refractivity contribution < 1.29 is 12.8 Å². The van der Waals surface area contributed by atoms with Crippen LogP contribution in [-0.2, 0) is 23.0 Å². The summed E-state index contributed by atoms with van der Waals surface area (Å²) in [5.41, 5.74) is 5.74. The molecular weight excluding hydrogens is 379 g/mol. The van der Waals surface area contributed by atoms with E-state index in [4.69, 9.17) is 5.73 Å². The van der Waals surface area contributed by atoms with Gasteiger partial charge in [0.1, 0.15) is 4.90 Å². The first kappa shape index (κ1) is 16.4. The lowest BCUT2D eigenvalue weighted by atomic mass is 10.3. The van der Waals surface area contributed by atoms with Gasteiger partial charge in [0.05, 0.1) is 4.47 Å². The maximum atomic E-state index is 13.9. The molecule has 0 atom stereocenters. The van der Waals surface area contributed by atoms with E-state index >= 15 is 0 Å². The Hall–Kier alpha value is -0.960. The van der Waals surface area contributed by atoms with Crippen molar-refractivity contribution in [1.82, 2.24) is 4.72 Å². The van der Waals surface area contributed by atoms with Gasteiger partial charge in [0.15, 0.2) is 5.82 Å². The number of rotatable bonds is 5. The number of nitrogen functional groups attached to an aromatic ring is 1. The van der Waals surface area contributed by atoms with E-state index < -0.39 is 20.7 Å². The zero-order valence-corrected chi connectivity index (χ0v) is 14.4. The topological polar surface area (TPSA) is 72.2 Å². The Kier molecular flexibility index (Phi) is 5.03. The standard InChI is InChI=1S/C13H14BrFN2O2S2/c1-2-9-3-4-10(20-9)7-17-21(18,19)12-6-8(16)5-11(14)13(12)15/h3-6,17H,2,7,16H2,1H3. The molecule has 0 fully saturated rings. The van der Waals surface area contributed by atoms with Crippen LogP contribution in [0.4, 0.5) is 10.1 Å². The van der Waals surface area contributed by atoms with Gasteiger partial charge >= 0.3 is 0 Å². The van der Waals surface area contributed by atoms with Crippen molar-refractivity contribution in [3.8, 4) is 0 Å². The third-order valence-corrected chi connectivity index (χ3v) is 6.02. The van der Waals surface area contributed by atoms with E-state index in [9.17, 15) is 12.8 Å². The maximum Gasteiger partial charge on any atom is 0.243 e. The first-order valence-corrected chi connectivity index (χ1v) is 9.24. The molecule has 3 N–H and O–H groups in total. The molecule has 21 heavy (non-hydrogen) atoms. The molecular formula is C13H14BrFN2O2S2. The summed E-state index contributed by atoms with van der Waals surface area (Å²) < 4.78 is 40.7. The van der Waals surface area contributed by atoms with Gasteiger partial charge in [0.25, 0.3) is 0 Å². The molecule has 4 nitrogen and oxygen atoms in total. The fraction of sp³-hybridized carbons (Fsp3) is 0.231. The third kappa shape index (κ3) is 3.82. The fourth-order valence-electron chi connectivity index (χ4n) is 1.73. The highest BCUT2D eigenvalue weighted by Gasteiger charge is 2.21. The van der Waals surface area contributed by atoms with Crippen LogP contribution in [0.3, 0.4) is 0 Å². The van der Waals surface area contributed by atoms with Crippen LogP contribution in [0, 0.1) is 5.82 Å². The molecule has 1 aromatic heterocycles. The van der Waals surface area contributed by atoms with E-state index in [0.29, 0.717) is 0 Å². The molecule has 0 radical (unpaired) electrons. The summed E-state index contributed by atoms with van der Waals surface area (Å²) in [7, 11) is -3.96. The van der Waals surface area contributed by atoms with Crippen molar-refractivity contribution in [2.45, 2.75) is 24.8 Å². The second-order valence-electron chi connectivity index (χ2n) is 4.36. The molecule has 2 aromatic rings. The molecule has 0 unspecified atom stereocenters. The Balaban J connectivity index is 2.22. The summed E-state index contributed by atoms with van der Waals surface area (Å²) in [5.74, 6) is -0.850. The van der Waals surface area contributed by atoms with Crippen LogP contribution < -0.4 is 10.5 Å².